The SMILES string of the molecule is CC(C)N(C(=O)C(NC(=O)OC(C)(C)C)c1ccccc1)C(C)C. The fourth-order valence-electron chi connectivity index (χ4n) is 2.61. The van der Waals surface area contributed by atoms with Gasteiger partial charge in [0.2, 0.25) is 5.91 Å². The second-order valence-corrected chi connectivity index (χ2v) is 7.42. The summed E-state index contributed by atoms with van der Waals surface area (Å²) in [7, 11) is 0. The second-order valence-electron chi connectivity index (χ2n) is 7.42. The van der Waals surface area contributed by atoms with Crippen molar-refractivity contribution in [2.24, 2.45) is 0 Å². The minimum absolute atomic E-state index is 0.0316. The Morgan fingerprint density at radius 1 is 1.00 bits per heavy atom. The molecule has 1 aromatic rings. The lowest BCUT2D eigenvalue weighted by Gasteiger charge is -2.34. The van der Waals surface area contributed by atoms with Crippen LogP contribution in [0.4, 0.5) is 4.79 Å². The molecular weight excluding hydrogens is 304 g/mol. The van der Waals surface area contributed by atoms with Gasteiger partial charge in [-0.25, -0.2) is 4.79 Å². The highest BCUT2D eigenvalue weighted by Crippen LogP contribution is 2.20. The molecule has 5 nitrogen and oxygen atoms in total. The molecule has 0 aliphatic rings. The lowest BCUT2D eigenvalue weighted by molar-refractivity contribution is -0.137. The average Bonchev–Trinajstić information content (AvgIpc) is 2.42. The van der Waals surface area contributed by atoms with Crippen molar-refractivity contribution in [3.63, 3.8) is 0 Å². The van der Waals surface area contributed by atoms with Crippen molar-refractivity contribution in [1.29, 1.82) is 0 Å². The van der Waals surface area contributed by atoms with Crippen molar-refractivity contribution < 1.29 is 14.3 Å². The molecule has 0 saturated heterocycles. The van der Waals surface area contributed by atoms with Gasteiger partial charge in [-0.2, -0.15) is 0 Å². The van der Waals surface area contributed by atoms with Gasteiger partial charge in [0.15, 0.2) is 0 Å². The Kier molecular flexibility index (Phi) is 6.81. The summed E-state index contributed by atoms with van der Waals surface area (Å²) in [6.07, 6.45) is -0.600. The molecule has 0 aliphatic carbocycles. The van der Waals surface area contributed by atoms with Crippen LogP contribution in [0, 0.1) is 0 Å². The summed E-state index contributed by atoms with van der Waals surface area (Å²) >= 11 is 0. The summed E-state index contributed by atoms with van der Waals surface area (Å²) in [5, 5.41) is 2.73. The third-order valence-electron chi connectivity index (χ3n) is 3.41. The Labute approximate surface area is 145 Å². The van der Waals surface area contributed by atoms with Crippen molar-refractivity contribution in [1.82, 2.24) is 10.2 Å². The van der Waals surface area contributed by atoms with Crippen LogP contribution in [0.5, 0.6) is 0 Å². The molecule has 2 amide bonds. The zero-order valence-electron chi connectivity index (χ0n) is 15.8. The van der Waals surface area contributed by atoms with Gasteiger partial charge in [-0.15, -0.1) is 0 Å². The monoisotopic (exact) mass is 334 g/mol. The summed E-state index contributed by atoms with van der Waals surface area (Å²) < 4.78 is 5.32. The Hall–Kier alpha value is -2.04. The first-order valence-electron chi connectivity index (χ1n) is 8.39. The zero-order chi connectivity index (χ0) is 18.5. The Bertz CT molecular complexity index is 539. The molecule has 0 aromatic heterocycles. The molecule has 1 N–H and O–H groups in total. The summed E-state index contributed by atoms with van der Waals surface area (Å²) in [6, 6.07) is 8.53. The summed E-state index contributed by atoms with van der Waals surface area (Å²) in [4.78, 5) is 27.1. The predicted molar refractivity (Wildman–Crippen MR) is 95.7 cm³/mol. The molecule has 0 radical (unpaired) electrons. The third kappa shape index (κ3) is 5.87. The van der Waals surface area contributed by atoms with Gasteiger partial charge in [-0.1, -0.05) is 30.3 Å². The van der Waals surface area contributed by atoms with Crippen molar-refractivity contribution in [3.8, 4) is 0 Å². The van der Waals surface area contributed by atoms with E-state index in [0.29, 0.717) is 0 Å². The van der Waals surface area contributed by atoms with E-state index in [1.165, 1.54) is 0 Å². The van der Waals surface area contributed by atoms with Crippen LogP contribution in [0.3, 0.4) is 0 Å². The van der Waals surface area contributed by atoms with E-state index in [1.807, 2.05) is 58.0 Å². The van der Waals surface area contributed by atoms with E-state index in [1.54, 1.807) is 25.7 Å². The van der Waals surface area contributed by atoms with E-state index in [2.05, 4.69) is 5.32 Å². The first kappa shape index (κ1) is 20.0. The minimum atomic E-state index is -0.772. The highest BCUT2D eigenvalue weighted by Gasteiger charge is 2.31. The number of amides is 2. The molecule has 0 aliphatic heterocycles. The van der Waals surface area contributed by atoms with E-state index in [9.17, 15) is 9.59 Å². The number of rotatable bonds is 5. The molecule has 0 fully saturated rings. The van der Waals surface area contributed by atoms with E-state index in [0.717, 1.165) is 5.56 Å². The number of hydrogen-bond acceptors (Lipinski definition) is 3. The number of carbonyl (C=O) groups is 2. The van der Waals surface area contributed by atoms with Crippen LogP contribution in [0.2, 0.25) is 0 Å². The Morgan fingerprint density at radius 2 is 1.50 bits per heavy atom. The third-order valence-corrected chi connectivity index (χ3v) is 3.41. The highest BCUT2D eigenvalue weighted by atomic mass is 16.6. The van der Waals surface area contributed by atoms with Crippen LogP contribution >= 0.6 is 0 Å². The van der Waals surface area contributed by atoms with E-state index in [-0.39, 0.29) is 18.0 Å². The number of hydrogen-bond donors (Lipinski definition) is 1. The Balaban J connectivity index is 3.10. The standard InChI is InChI=1S/C19H30N2O3/c1-13(2)21(14(3)4)17(22)16(15-11-9-8-10-12-15)20-18(23)24-19(5,6)7/h8-14,16H,1-7H3,(H,20,23). The summed E-state index contributed by atoms with van der Waals surface area (Å²) in [6.45, 7) is 13.2. The van der Waals surface area contributed by atoms with Gasteiger partial charge >= 0.3 is 6.09 Å². The molecule has 5 heteroatoms. The number of carbonyl (C=O) groups excluding carboxylic acids is 2. The van der Waals surface area contributed by atoms with Crippen LogP contribution in [-0.2, 0) is 9.53 Å². The van der Waals surface area contributed by atoms with Gasteiger partial charge < -0.3 is 15.0 Å². The van der Waals surface area contributed by atoms with E-state index in [4.69, 9.17) is 4.74 Å². The normalized spacial score (nSPS) is 12.9. The minimum Gasteiger partial charge on any atom is -0.444 e. The van der Waals surface area contributed by atoms with Crippen LogP contribution < -0.4 is 5.32 Å². The Morgan fingerprint density at radius 3 is 1.92 bits per heavy atom. The second kappa shape index (κ2) is 8.18. The maximum atomic E-state index is 13.1. The maximum absolute atomic E-state index is 13.1. The molecule has 0 bridgehead atoms. The van der Waals surface area contributed by atoms with Crippen molar-refractivity contribution >= 4 is 12.0 Å². The lowest BCUT2D eigenvalue weighted by atomic mass is 10.0. The van der Waals surface area contributed by atoms with E-state index >= 15 is 0 Å². The zero-order valence-corrected chi connectivity index (χ0v) is 15.8. The topological polar surface area (TPSA) is 58.6 Å². The molecule has 134 valence electrons. The van der Waals surface area contributed by atoms with Crippen molar-refractivity contribution in [3.05, 3.63) is 35.9 Å². The number of nitrogens with zero attached hydrogens (tertiary/aromatic N) is 1. The van der Waals surface area contributed by atoms with Crippen LogP contribution in [0.15, 0.2) is 30.3 Å². The largest absolute Gasteiger partial charge is 0.444 e. The van der Waals surface area contributed by atoms with Gasteiger partial charge in [0.1, 0.15) is 11.6 Å². The number of ether oxygens (including phenoxy) is 1. The highest BCUT2D eigenvalue weighted by molar-refractivity contribution is 5.87. The van der Waals surface area contributed by atoms with Gasteiger partial charge in [0.25, 0.3) is 0 Å². The fourth-order valence-corrected chi connectivity index (χ4v) is 2.61. The quantitative estimate of drug-likeness (QED) is 0.888. The molecule has 0 spiro atoms. The van der Waals surface area contributed by atoms with Crippen molar-refractivity contribution in [2.75, 3.05) is 0 Å². The smallest absolute Gasteiger partial charge is 0.408 e. The first-order valence-corrected chi connectivity index (χ1v) is 8.39. The number of alkyl carbamates (subject to hydrolysis) is 1. The molecule has 24 heavy (non-hydrogen) atoms. The van der Waals surface area contributed by atoms with Gasteiger partial charge in [-0.3, -0.25) is 4.79 Å². The molecule has 0 saturated carbocycles. The molecular formula is C19H30N2O3. The fraction of sp³-hybridized carbons (Fsp3) is 0.579. The molecule has 0 heterocycles. The van der Waals surface area contributed by atoms with Gasteiger partial charge in [-0.05, 0) is 54.0 Å². The first-order chi connectivity index (χ1) is 11.0. The van der Waals surface area contributed by atoms with Crippen LogP contribution in [0.25, 0.3) is 0 Å². The number of benzene rings is 1. The average molecular weight is 334 g/mol. The molecule has 1 unspecified atom stereocenters. The maximum Gasteiger partial charge on any atom is 0.408 e. The van der Waals surface area contributed by atoms with Gasteiger partial charge in [0.05, 0.1) is 0 Å². The van der Waals surface area contributed by atoms with Gasteiger partial charge in [0, 0.05) is 12.1 Å². The number of nitrogens with one attached hydrogen (secondary N) is 1. The van der Waals surface area contributed by atoms with Crippen LogP contribution in [0.1, 0.15) is 60.1 Å². The molecule has 1 atom stereocenters. The summed E-state index contributed by atoms with van der Waals surface area (Å²) in [5.74, 6) is -0.142. The van der Waals surface area contributed by atoms with Crippen molar-refractivity contribution in [2.45, 2.75) is 72.2 Å². The lowest BCUT2D eigenvalue weighted by Crippen LogP contribution is -2.49. The molecule has 1 aromatic carbocycles. The predicted octanol–water partition coefficient (Wildman–Crippen LogP) is 3.90. The molecule has 1 rings (SSSR count). The van der Waals surface area contributed by atoms with Crippen LogP contribution in [-0.4, -0.2) is 34.6 Å². The summed E-state index contributed by atoms with van der Waals surface area (Å²) in [5.41, 5.74) is 0.115. The van der Waals surface area contributed by atoms with E-state index < -0.39 is 17.7 Å².